The average Bonchev–Trinajstić information content (AvgIpc) is 2.53. The van der Waals surface area contributed by atoms with Crippen LogP contribution in [-0.4, -0.2) is 25.2 Å². The summed E-state index contributed by atoms with van der Waals surface area (Å²) in [6.07, 6.45) is 1.99. The number of amides is 3. The standard InChI is InChI=1S/C16H18ClN3O4/c1-4-9(2)24-14-12(17)6-10(7-13(14)23-3)5-11(8-18)15(21)20-16(19)22/h5-7,9H,4H2,1-3H3,(H3,19,20,21,22)/b11-5-/t9-/m1/s1. The molecule has 0 spiro atoms. The fraction of sp³-hybridized carbons (Fsp3) is 0.312. The highest BCUT2D eigenvalue weighted by Crippen LogP contribution is 2.37. The van der Waals surface area contributed by atoms with Crippen molar-refractivity contribution in [2.45, 2.75) is 26.4 Å². The molecule has 1 atom stereocenters. The molecule has 0 bridgehead atoms. The molecule has 24 heavy (non-hydrogen) atoms. The van der Waals surface area contributed by atoms with Crippen molar-refractivity contribution >= 4 is 29.6 Å². The molecular weight excluding hydrogens is 334 g/mol. The van der Waals surface area contributed by atoms with Crippen LogP contribution in [-0.2, 0) is 4.79 Å². The first-order valence-corrected chi connectivity index (χ1v) is 7.46. The molecule has 1 aromatic rings. The lowest BCUT2D eigenvalue weighted by atomic mass is 10.1. The van der Waals surface area contributed by atoms with E-state index < -0.39 is 11.9 Å². The molecule has 3 amide bonds. The van der Waals surface area contributed by atoms with Gasteiger partial charge in [-0.15, -0.1) is 0 Å². The lowest BCUT2D eigenvalue weighted by Crippen LogP contribution is -2.35. The highest BCUT2D eigenvalue weighted by molar-refractivity contribution is 6.32. The van der Waals surface area contributed by atoms with Crippen LogP contribution in [0.5, 0.6) is 11.5 Å². The lowest BCUT2D eigenvalue weighted by Gasteiger charge is -2.17. The minimum absolute atomic E-state index is 0.0613. The summed E-state index contributed by atoms with van der Waals surface area (Å²) in [5.41, 5.74) is 4.99. The van der Waals surface area contributed by atoms with Gasteiger partial charge < -0.3 is 15.2 Å². The summed E-state index contributed by atoms with van der Waals surface area (Å²) in [6, 6.07) is 3.74. The third-order valence-electron chi connectivity index (χ3n) is 3.06. The number of methoxy groups -OCH3 is 1. The number of rotatable bonds is 6. The molecule has 1 aromatic carbocycles. The quantitative estimate of drug-likeness (QED) is 0.604. The summed E-state index contributed by atoms with van der Waals surface area (Å²) >= 11 is 6.21. The van der Waals surface area contributed by atoms with Crippen molar-refractivity contribution in [1.29, 1.82) is 5.26 Å². The number of hydrogen-bond acceptors (Lipinski definition) is 5. The molecule has 3 N–H and O–H groups in total. The van der Waals surface area contributed by atoms with Gasteiger partial charge in [-0.2, -0.15) is 5.26 Å². The van der Waals surface area contributed by atoms with Gasteiger partial charge in [0.25, 0.3) is 5.91 Å². The predicted molar refractivity (Wildman–Crippen MR) is 89.7 cm³/mol. The number of nitrogens with one attached hydrogen (secondary N) is 1. The highest BCUT2D eigenvalue weighted by atomic mass is 35.5. The molecule has 8 heteroatoms. The second-order valence-electron chi connectivity index (χ2n) is 4.86. The molecule has 0 aliphatic heterocycles. The first kappa shape index (κ1) is 19.3. The Morgan fingerprint density at radius 1 is 1.50 bits per heavy atom. The van der Waals surface area contributed by atoms with Crippen LogP contribution in [0.15, 0.2) is 17.7 Å². The van der Waals surface area contributed by atoms with Gasteiger partial charge in [0.2, 0.25) is 0 Å². The van der Waals surface area contributed by atoms with Gasteiger partial charge in [-0.25, -0.2) is 4.79 Å². The summed E-state index contributed by atoms with van der Waals surface area (Å²) in [4.78, 5) is 22.4. The van der Waals surface area contributed by atoms with E-state index in [9.17, 15) is 9.59 Å². The molecule has 0 saturated heterocycles. The Morgan fingerprint density at radius 3 is 2.67 bits per heavy atom. The number of hydrogen-bond donors (Lipinski definition) is 2. The Labute approximate surface area is 145 Å². The monoisotopic (exact) mass is 351 g/mol. The summed E-state index contributed by atoms with van der Waals surface area (Å²) < 4.78 is 11.0. The molecule has 0 aliphatic rings. The number of imide groups is 1. The van der Waals surface area contributed by atoms with Crippen LogP contribution < -0.4 is 20.5 Å². The Hall–Kier alpha value is -2.72. The minimum atomic E-state index is -1.05. The number of carbonyl (C=O) groups is 2. The highest BCUT2D eigenvalue weighted by Gasteiger charge is 2.16. The molecule has 0 saturated carbocycles. The van der Waals surface area contributed by atoms with Crippen molar-refractivity contribution in [2.75, 3.05) is 7.11 Å². The smallest absolute Gasteiger partial charge is 0.319 e. The zero-order chi connectivity index (χ0) is 18.3. The van der Waals surface area contributed by atoms with Crippen LogP contribution in [0.1, 0.15) is 25.8 Å². The van der Waals surface area contributed by atoms with Gasteiger partial charge in [0.15, 0.2) is 11.5 Å². The maximum Gasteiger partial charge on any atom is 0.319 e. The van der Waals surface area contributed by atoms with E-state index in [0.29, 0.717) is 17.1 Å². The van der Waals surface area contributed by atoms with Crippen LogP contribution in [0.4, 0.5) is 4.79 Å². The van der Waals surface area contributed by atoms with Crippen molar-refractivity contribution in [3.63, 3.8) is 0 Å². The van der Waals surface area contributed by atoms with Crippen LogP contribution in [0, 0.1) is 11.3 Å². The molecule has 0 aromatic heterocycles. The van der Waals surface area contributed by atoms with E-state index in [2.05, 4.69) is 0 Å². The average molecular weight is 352 g/mol. The van der Waals surface area contributed by atoms with Crippen LogP contribution in [0.25, 0.3) is 6.08 Å². The number of nitriles is 1. The molecule has 7 nitrogen and oxygen atoms in total. The zero-order valence-electron chi connectivity index (χ0n) is 13.6. The first-order chi connectivity index (χ1) is 11.3. The van der Waals surface area contributed by atoms with Crippen molar-refractivity contribution < 1.29 is 19.1 Å². The van der Waals surface area contributed by atoms with Gasteiger partial charge in [0.1, 0.15) is 11.6 Å². The van der Waals surface area contributed by atoms with Crippen molar-refractivity contribution in [2.24, 2.45) is 5.73 Å². The van der Waals surface area contributed by atoms with E-state index in [0.717, 1.165) is 6.42 Å². The second kappa shape index (κ2) is 8.79. The molecule has 1 rings (SSSR count). The largest absolute Gasteiger partial charge is 0.493 e. The molecule has 0 unspecified atom stereocenters. The maximum atomic E-state index is 11.7. The fourth-order valence-electron chi connectivity index (χ4n) is 1.72. The third-order valence-corrected chi connectivity index (χ3v) is 3.34. The Balaban J connectivity index is 3.24. The van der Waals surface area contributed by atoms with Crippen molar-refractivity contribution in [1.82, 2.24) is 5.32 Å². The van der Waals surface area contributed by atoms with Crippen molar-refractivity contribution in [3.8, 4) is 17.6 Å². The summed E-state index contributed by atoms with van der Waals surface area (Å²) in [7, 11) is 1.45. The number of nitrogens with two attached hydrogens (primary N) is 1. The van der Waals surface area contributed by atoms with Gasteiger partial charge in [-0.1, -0.05) is 18.5 Å². The number of halogens is 1. The van der Waals surface area contributed by atoms with Crippen LogP contribution in [0.2, 0.25) is 5.02 Å². The second-order valence-corrected chi connectivity index (χ2v) is 5.27. The summed E-state index contributed by atoms with van der Waals surface area (Å²) in [6.45, 7) is 3.87. The summed E-state index contributed by atoms with van der Waals surface area (Å²) in [5, 5.41) is 11.1. The minimum Gasteiger partial charge on any atom is -0.493 e. The number of urea groups is 1. The number of carbonyl (C=O) groups excluding carboxylic acids is 2. The van der Waals surface area contributed by atoms with Gasteiger partial charge >= 0.3 is 6.03 Å². The third kappa shape index (κ3) is 5.18. The van der Waals surface area contributed by atoms with E-state index in [1.807, 2.05) is 19.2 Å². The molecule has 0 heterocycles. The van der Waals surface area contributed by atoms with E-state index in [4.69, 9.17) is 32.1 Å². The molecule has 0 fully saturated rings. The van der Waals surface area contributed by atoms with E-state index in [-0.39, 0.29) is 16.7 Å². The molecule has 0 aliphatic carbocycles. The van der Waals surface area contributed by atoms with E-state index in [1.165, 1.54) is 19.3 Å². The Morgan fingerprint density at radius 2 is 2.17 bits per heavy atom. The lowest BCUT2D eigenvalue weighted by molar-refractivity contribution is -0.115. The molecule has 128 valence electrons. The van der Waals surface area contributed by atoms with Crippen LogP contribution in [0.3, 0.4) is 0 Å². The number of primary amides is 1. The molecular formula is C16H18ClN3O4. The number of ether oxygens (including phenoxy) is 2. The number of benzene rings is 1. The zero-order valence-corrected chi connectivity index (χ0v) is 14.3. The van der Waals surface area contributed by atoms with Crippen LogP contribution >= 0.6 is 11.6 Å². The maximum absolute atomic E-state index is 11.7. The first-order valence-electron chi connectivity index (χ1n) is 7.09. The predicted octanol–water partition coefficient (Wildman–Crippen LogP) is 2.63. The topological polar surface area (TPSA) is 114 Å². The van der Waals surface area contributed by atoms with Gasteiger partial charge in [0, 0.05) is 0 Å². The van der Waals surface area contributed by atoms with Gasteiger partial charge in [-0.05, 0) is 37.1 Å². The van der Waals surface area contributed by atoms with Gasteiger partial charge in [0.05, 0.1) is 18.2 Å². The fourth-order valence-corrected chi connectivity index (χ4v) is 1.98. The summed E-state index contributed by atoms with van der Waals surface area (Å²) in [5.74, 6) is -0.160. The Kier molecular flexibility index (Phi) is 7.08. The van der Waals surface area contributed by atoms with Gasteiger partial charge in [-0.3, -0.25) is 10.1 Å². The van der Waals surface area contributed by atoms with Crippen molar-refractivity contribution in [3.05, 3.63) is 28.3 Å². The molecule has 0 radical (unpaired) electrons. The normalized spacial score (nSPS) is 12.0. The number of nitrogens with zero attached hydrogens (tertiary/aromatic N) is 1. The SMILES string of the molecule is CC[C@@H](C)Oc1c(Cl)cc(/C=C(/C#N)C(=O)NC(N)=O)cc1OC. The van der Waals surface area contributed by atoms with E-state index >= 15 is 0 Å². The Bertz CT molecular complexity index is 710. The van der Waals surface area contributed by atoms with E-state index in [1.54, 1.807) is 12.1 Å².